The number of amides is 1. The monoisotopic (exact) mass is 245 g/mol. The van der Waals surface area contributed by atoms with Crippen LogP contribution in [-0.2, 0) is 16.1 Å². The summed E-state index contributed by atoms with van der Waals surface area (Å²) in [4.78, 5) is 28.3. The Balaban J connectivity index is 2.69. The molecule has 0 N–H and O–H groups in total. The zero-order chi connectivity index (χ0) is 13.4. The molecule has 0 radical (unpaired) electrons. The van der Waals surface area contributed by atoms with E-state index in [4.69, 9.17) is 5.26 Å². The summed E-state index contributed by atoms with van der Waals surface area (Å²) in [6, 6.07) is 5.64. The molecule has 0 aliphatic carbocycles. The first-order valence-corrected chi connectivity index (χ1v) is 5.66. The van der Waals surface area contributed by atoms with Gasteiger partial charge in [0.2, 0.25) is 5.91 Å². The van der Waals surface area contributed by atoms with Crippen molar-refractivity contribution in [3.63, 3.8) is 0 Å². The van der Waals surface area contributed by atoms with E-state index < -0.39 is 0 Å². The molecule has 0 atom stereocenters. The van der Waals surface area contributed by atoms with Crippen LogP contribution in [0.1, 0.15) is 25.3 Å². The Morgan fingerprint density at radius 3 is 2.83 bits per heavy atom. The van der Waals surface area contributed by atoms with Crippen LogP contribution in [-0.4, -0.2) is 28.1 Å². The lowest BCUT2D eigenvalue weighted by Gasteiger charge is -2.21. The van der Waals surface area contributed by atoms with Crippen molar-refractivity contribution >= 4 is 11.7 Å². The first kappa shape index (κ1) is 13.8. The first-order valence-electron chi connectivity index (χ1n) is 5.66. The van der Waals surface area contributed by atoms with Gasteiger partial charge >= 0.3 is 0 Å². The fourth-order valence-electron chi connectivity index (χ4n) is 1.51. The Bertz CT molecular complexity index is 451. The van der Waals surface area contributed by atoms with Crippen molar-refractivity contribution in [1.29, 1.82) is 5.26 Å². The second-order valence-electron chi connectivity index (χ2n) is 3.96. The van der Waals surface area contributed by atoms with Gasteiger partial charge in [0.15, 0.2) is 0 Å². The van der Waals surface area contributed by atoms with E-state index in [1.807, 2.05) is 12.1 Å². The number of aromatic nitrogens is 1. The molecular formula is C13H15N3O2. The maximum absolute atomic E-state index is 11.8. The summed E-state index contributed by atoms with van der Waals surface area (Å²) < 4.78 is 0. The minimum atomic E-state index is -0.249. The summed E-state index contributed by atoms with van der Waals surface area (Å²) in [5.41, 5.74) is 0.882. The molecule has 0 saturated heterocycles. The Morgan fingerprint density at radius 2 is 2.28 bits per heavy atom. The van der Waals surface area contributed by atoms with E-state index in [0.717, 1.165) is 5.56 Å². The normalized spacial score (nSPS) is 9.56. The molecule has 0 aliphatic rings. The Hall–Kier alpha value is -2.22. The Kier molecular flexibility index (Phi) is 5.52. The van der Waals surface area contributed by atoms with Crippen molar-refractivity contribution in [2.75, 3.05) is 6.54 Å². The topological polar surface area (TPSA) is 74.1 Å². The summed E-state index contributed by atoms with van der Waals surface area (Å²) in [7, 11) is 0. The summed E-state index contributed by atoms with van der Waals surface area (Å²) in [5, 5.41) is 8.58. The molecule has 0 aromatic carbocycles. The number of pyridine rings is 1. The predicted molar refractivity (Wildman–Crippen MR) is 65.2 cm³/mol. The van der Waals surface area contributed by atoms with Gasteiger partial charge in [-0.2, -0.15) is 5.26 Å². The van der Waals surface area contributed by atoms with Gasteiger partial charge in [0.1, 0.15) is 5.78 Å². The summed E-state index contributed by atoms with van der Waals surface area (Å²) in [6.07, 6.45) is 3.45. The molecule has 0 unspecified atom stereocenters. The number of nitrogens with zero attached hydrogens (tertiary/aromatic N) is 3. The summed E-state index contributed by atoms with van der Waals surface area (Å²) >= 11 is 0. The third-order valence-corrected chi connectivity index (χ3v) is 2.34. The van der Waals surface area contributed by atoms with Crippen LogP contribution in [0.3, 0.4) is 0 Å². The number of hydrogen-bond acceptors (Lipinski definition) is 4. The lowest BCUT2D eigenvalue weighted by molar-refractivity contribution is -0.135. The van der Waals surface area contributed by atoms with Crippen LogP contribution in [0.25, 0.3) is 0 Å². The minimum absolute atomic E-state index is 0.119. The van der Waals surface area contributed by atoms with E-state index >= 15 is 0 Å². The highest BCUT2D eigenvalue weighted by Crippen LogP contribution is 2.06. The van der Waals surface area contributed by atoms with Crippen LogP contribution >= 0.6 is 0 Å². The van der Waals surface area contributed by atoms with Crippen molar-refractivity contribution < 1.29 is 9.59 Å². The van der Waals surface area contributed by atoms with Crippen LogP contribution in [0.15, 0.2) is 24.5 Å². The Labute approximate surface area is 106 Å². The lowest BCUT2D eigenvalue weighted by Crippen LogP contribution is -2.32. The number of carbonyl (C=O) groups is 2. The minimum Gasteiger partial charge on any atom is -0.337 e. The summed E-state index contributed by atoms with van der Waals surface area (Å²) in [5.74, 6) is -0.422. The zero-order valence-electron chi connectivity index (χ0n) is 10.3. The second-order valence-corrected chi connectivity index (χ2v) is 3.96. The fourth-order valence-corrected chi connectivity index (χ4v) is 1.51. The number of carbonyl (C=O) groups excluding carboxylic acids is 2. The van der Waals surface area contributed by atoms with Gasteiger partial charge in [-0.25, -0.2) is 0 Å². The van der Waals surface area contributed by atoms with Crippen molar-refractivity contribution in [2.24, 2.45) is 0 Å². The maximum Gasteiger partial charge on any atom is 0.230 e. The van der Waals surface area contributed by atoms with Crippen LogP contribution in [0, 0.1) is 11.3 Å². The van der Waals surface area contributed by atoms with E-state index in [9.17, 15) is 9.59 Å². The zero-order valence-corrected chi connectivity index (χ0v) is 10.3. The van der Waals surface area contributed by atoms with Crippen LogP contribution < -0.4 is 0 Å². The van der Waals surface area contributed by atoms with Gasteiger partial charge in [0, 0.05) is 25.5 Å². The average molecular weight is 245 g/mol. The molecule has 1 aromatic heterocycles. The number of rotatable bonds is 6. The molecular weight excluding hydrogens is 230 g/mol. The van der Waals surface area contributed by atoms with Crippen LogP contribution in [0.5, 0.6) is 0 Å². The molecule has 5 nitrogen and oxygen atoms in total. The molecule has 0 fully saturated rings. The number of ketones is 1. The molecule has 0 bridgehead atoms. The second kappa shape index (κ2) is 7.17. The molecule has 94 valence electrons. The summed E-state index contributed by atoms with van der Waals surface area (Å²) in [6.45, 7) is 2.09. The fraction of sp³-hybridized carbons (Fsp3) is 0.385. The lowest BCUT2D eigenvalue weighted by atomic mass is 10.2. The predicted octanol–water partition coefficient (Wildman–Crippen LogP) is 1.30. The molecule has 0 saturated carbocycles. The average Bonchev–Trinajstić information content (AvgIpc) is 2.34. The van der Waals surface area contributed by atoms with Crippen molar-refractivity contribution in [3.8, 4) is 6.07 Å². The van der Waals surface area contributed by atoms with Gasteiger partial charge in [-0.15, -0.1) is 0 Å². The van der Waals surface area contributed by atoms with Gasteiger partial charge in [0.05, 0.1) is 18.9 Å². The largest absolute Gasteiger partial charge is 0.337 e. The SMILES string of the molecule is CC(=O)CC(=O)N(CCC#N)Cc1cccnc1. The molecule has 0 spiro atoms. The van der Waals surface area contributed by atoms with E-state index in [1.165, 1.54) is 11.8 Å². The van der Waals surface area contributed by atoms with Gasteiger partial charge in [0.25, 0.3) is 0 Å². The third-order valence-electron chi connectivity index (χ3n) is 2.34. The van der Waals surface area contributed by atoms with Gasteiger partial charge in [-0.3, -0.25) is 14.6 Å². The van der Waals surface area contributed by atoms with Gasteiger partial charge in [-0.05, 0) is 18.6 Å². The van der Waals surface area contributed by atoms with E-state index in [0.29, 0.717) is 13.1 Å². The molecule has 1 heterocycles. The highest BCUT2D eigenvalue weighted by molar-refractivity contribution is 5.96. The van der Waals surface area contributed by atoms with Crippen molar-refractivity contribution in [2.45, 2.75) is 26.3 Å². The number of Topliss-reactive ketones (excluding diaryl/α,β-unsaturated/α-hetero) is 1. The highest BCUT2D eigenvalue weighted by atomic mass is 16.2. The standard InChI is InChI=1S/C13H15N3O2/c1-11(17)8-13(18)16(7-3-5-14)10-12-4-2-6-15-9-12/h2,4,6,9H,3,7-8,10H2,1H3. The number of nitriles is 1. The van der Waals surface area contributed by atoms with E-state index in [1.54, 1.807) is 18.5 Å². The maximum atomic E-state index is 11.8. The molecule has 18 heavy (non-hydrogen) atoms. The van der Waals surface area contributed by atoms with E-state index in [-0.39, 0.29) is 24.5 Å². The highest BCUT2D eigenvalue weighted by Gasteiger charge is 2.15. The molecule has 5 heteroatoms. The molecule has 1 rings (SSSR count). The molecule has 1 aromatic rings. The van der Waals surface area contributed by atoms with Crippen molar-refractivity contribution in [3.05, 3.63) is 30.1 Å². The van der Waals surface area contributed by atoms with E-state index in [2.05, 4.69) is 4.98 Å². The molecule has 1 amide bonds. The number of hydrogen-bond donors (Lipinski definition) is 0. The van der Waals surface area contributed by atoms with Gasteiger partial charge < -0.3 is 4.90 Å². The van der Waals surface area contributed by atoms with Gasteiger partial charge in [-0.1, -0.05) is 6.07 Å². The third kappa shape index (κ3) is 4.74. The van der Waals surface area contributed by atoms with Crippen LogP contribution in [0.2, 0.25) is 0 Å². The Morgan fingerprint density at radius 1 is 1.50 bits per heavy atom. The molecule has 0 aliphatic heterocycles. The van der Waals surface area contributed by atoms with Crippen LogP contribution in [0.4, 0.5) is 0 Å². The van der Waals surface area contributed by atoms with Crippen molar-refractivity contribution in [1.82, 2.24) is 9.88 Å². The smallest absolute Gasteiger partial charge is 0.230 e. The quantitative estimate of drug-likeness (QED) is 0.708. The first-order chi connectivity index (χ1) is 8.63.